The fraction of sp³-hybridized carbons (Fsp3) is 0.615. The summed E-state index contributed by atoms with van der Waals surface area (Å²) < 4.78 is 30.2. The van der Waals surface area contributed by atoms with Crippen molar-refractivity contribution in [3.63, 3.8) is 0 Å². The number of rotatable bonds is 4. The monoisotopic (exact) mass is 315 g/mol. The van der Waals surface area contributed by atoms with Crippen molar-refractivity contribution in [3.05, 3.63) is 17.9 Å². The maximum Gasteiger partial charge on any atom is 0.289 e. The van der Waals surface area contributed by atoms with Crippen LogP contribution in [0.3, 0.4) is 0 Å². The molecule has 1 atom stereocenters. The van der Waals surface area contributed by atoms with Crippen molar-refractivity contribution in [1.82, 2.24) is 14.5 Å². The smallest absolute Gasteiger partial charge is 0.289 e. The third-order valence-corrected chi connectivity index (χ3v) is 5.33. The molecule has 1 saturated heterocycles. The number of carbonyl (C=O) groups is 1. The Morgan fingerprint density at radius 1 is 1.43 bits per heavy atom. The Bertz CT molecular complexity index is 609. The first-order chi connectivity index (χ1) is 9.86. The van der Waals surface area contributed by atoms with Gasteiger partial charge in [-0.05, 0) is 32.0 Å². The molecule has 8 heteroatoms. The second-order valence-corrected chi connectivity index (χ2v) is 7.37. The first-order valence-electron chi connectivity index (χ1n) is 6.85. The van der Waals surface area contributed by atoms with Crippen molar-refractivity contribution in [2.24, 2.45) is 0 Å². The molecular weight excluding hydrogens is 294 g/mol. The summed E-state index contributed by atoms with van der Waals surface area (Å²) in [4.78, 5) is 14.1. The maximum atomic E-state index is 12.4. The number of sulfonamides is 1. The van der Waals surface area contributed by atoms with E-state index in [0.717, 1.165) is 17.1 Å². The first kappa shape index (κ1) is 16.0. The Morgan fingerprint density at radius 2 is 2.14 bits per heavy atom. The van der Waals surface area contributed by atoms with Crippen LogP contribution in [0.4, 0.5) is 0 Å². The van der Waals surface area contributed by atoms with Gasteiger partial charge < -0.3 is 14.6 Å². The zero-order chi connectivity index (χ0) is 15.6. The molecule has 7 nitrogen and oxygen atoms in total. The average Bonchev–Trinajstić information content (AvgIpc) is 2.96. The number of nitrogens with one attached hydrogen (secondary N) is 1. The van der Waals surface area contributed by atoms with Crippen molar-refractivity contribution in [2.45, 2.75) is 24.0 Å². The molecule has 1 amide bonds. The van der Waals surface area contributed by atoms with E-state index >= 15 is 0 Å². The normalized spacial score (nSPS) is 20.0. The van der Waals surface area contributed by atoms with E-state index in [9.17, 15) is 13.2 Å². The lowest BCUT2D eigenvalue weighted by molar-refractivity contribution is 0.0660. The van der Waals surface area contributed by atoms with Crippen molar-refractivity contribution < 1.29 is 17.6 Å². The van der Waals surface area contributed by atoms with E-state index in [0.29, 0.717) is 13.1 Å². The molecule has 0 radical (unpaired) electrons. The van der Waals surface area contributed by atoms with Gasteiger partial charge >= 0.3 is 0 Å². The van der Waals surface area contributed by atoms with Crippen LogP contribution in [0.25, 0.3) is 0 Å². The van der Waals surface area contributed by atoms with E-state index in [4.69, 9.17) is 4.42 Å². The number of likely N-dealkylation sites (N-methyl/N-ethyl adjacent to an activating group) is 1. The van der Waals surface area contributed by atoms with Crippen LogP contribution in [-0.4, -0.2) is 63.8 Å². The number of amides is 1. The van der Waals surface area contributed by atoms with E-state index < -0.39 is 10.0 Å². The van der Waals surface area contributed by atoms with Crippen LogP contribution >= 0.6 is 0 Å². The van der Waals surface area contributed by atoms with Gasteiger partial charge in [0, 0.05) is 33.2 Å². The molecular formula is C13H21N3O4S. The molecule has 2 heterocycles. The Hall–Kier alpha value is -1.38. The van der Waals surface area contributed by atoms with Crippen LogP contribution in [0, 0.1) is 0 Å². The molecule has 0 saturated carbocycles. The van der Waals surface area contributed by atoms with Gasteiger partial charge in [0.15, 0.2) is 5.76 Å². The Balaban J connectivity index is 2.16. The lowest BCUT2D eigenvalue weighted by atomic mass is 10.1. The molecule has 1 N–H and O–H groups in total. The third-order valence-electron chi connectivity index (χ3n) is 3.64. The highest BCUT2D eigenvalue weighted by atomic mass is 32.2. The number of hydrogen-bond acceptors (Lipinski definition) is 5. The Kier molecular flexibility index (Phi) is 4.70. The number of likely N-dealkylation sites (tertiary alicyclic amines) is 1. The molecule has 1 aromatic heterocycles. The molecule has 1 aromatic rings. The van der Waals surface area contributed by atoms with Gasteiger partial charge in [-0.15, -0.1) is 0 Å². The first-order valence-corrected chi connectivity index (χ1v) is 8.29. The summed E-state index contributed by atoms with van der Waals surface area (Å²) >= 11 is 0. The zero-order valence-electron chi connectivity index (χ0n) is 12.5. The molecule has 21 heavy (non-hydrogen) atoms. The SMILES string of the molecule is CNC1CCCN(C(=O)c2ccc(S(=O)(=O)N(C)C)o2)C1. The predicted molar refractivity (Wildman–Crippen MR) is 77.6 cm³/mol. The number of hydrogen-bond donors (Lipinski definition) is 1. The molecule has 0 spiro atoms. The molecule has 1 aliphatic heterocycles. The minimum Gasteiger partial charge on any atom is -0.438 e. The second-order valence-electron chi connectivity index (χ2n) is 5.29. The van der Waals surface area contributed by atoms with E-state index in [1.807, 2.05) is 7.05 Å². The van der Waals surface area contributed by atoms with Crippen LogP contribution in [0.5, 0.6) is 0 Å². The van der Waals surface area contributed by atoms with Gasteiger partial charge in [-0.2, -0.15) is 0 Å². The number of nitrogens with zero attached hydrogens (tertiary/aromatic N) is 2. The van der Waals surface area contributed by atoms with Gasteiger partial charge in [0.2, 0.25) is 5.09 Å². The molecule has 0 aromatic carbocycles. The van der Waals surface area contributed by atoms with Crippen molar-refractivity contribution in [2.75, 3.05) is 34.2 Å². The van der Waals surface area contributed by atoms with Gasteiger partial charge in [0.1, 0.15) is 0 Å². The minimum absolute atomic E-state index is 0.0622. The van der Waals surface area contributed by atoms with Gasteiger partial charge in [-0.3, -0.25) is 4.79 Å². The lowest BCUT2D eigenvalue weighted by Crippen LogP contribution is -2.46. The maximum absolute atomic E-state index is 12.4. The van der Waals surface area contributed by atoms with Gasteiger partial charge in [-0.1, -0.05) is 0 Å². The quantitative estimate of drug-likeness (QED) is 0.867. The molecule has 1 fully saturated rings. The molecule has 118 valence electrons. The number of piperidine rings is 1. The van der Waals surface area contributed by atoms with Crippen LogP contribution < -0.4 is 5.32 Å². The third kappa shape index (κ3) is 3.28. The molecule has 0 aliphatic carbocycles. The van der Waals surface area contributed by atoms with Gasteiger partial charge in [0.05, 0.1) is 0 Å². The van der Waals surface area contributed by atoms with E-state index in [1.54, 1.807) is 4.90 Å². The molecule has 2 rings (SSSR count). The van der Waals surface area contributed by atoms with Crippen LogP contribution in [0.15, 0.2) is 21.6 Å². The summed E-state index contributed by atoms with van der Waals surface area (Å²) in [6.07, 6.45) is 1.94. The summed E-state index contributed by atoms with van der Waals surface area (Å²) in [5, 5.41) is 2.95. The van der Waals surface area contributed by atoms with Gasteiger partial charge in [0.25, 0.3) is 15.9 Å². The van der Waals surface area contributed by atoms with Crippen LogP contribution in [-0.2, 0) is 10.0 Å². The number of furan rings is 1. The molecule has 1 unspecified atom stereocenters. The highest BCUT2D eigenvalue weighted by Gasteiger charge is 2.28. The predicted octanol–water partition coefficient (Wildman–Crippen LogP) is 0.354. The minimum atomic E-state index is -3.65. The van der Waals surface area contributed by atoms with E-state index in [1.165, 1.54) is 26.2 Å². The highest BCUT2D eigenvalue weighted by Crippen LogP contribution is 2.20. The van der Waals surface area contributed by atoms with E-state index in [2.05, 4.69) is 5.32 Å². The lowest BCUT2D eigenvalue weighted by Gasteiger charge is -2.31. The van der Waals surface area contributed by atoms with E-state index in [-0.39, 0.29) is 22.8 Å². The average molecular weight is 315 g/mol. The summed E-state index contributed by atoms with van der Waals surface area (Å²) in [5.74, 6) is -0.206. The topological polar surface area (TPSA) is 82.9 Å². The van der Waals surface area contributed by atoms with Crippen molar-refractivity contribution in [3.8, 4) is 0 Å². The Morgan fingerprint density at radius 3 is 2.76 bits per heavy atom. The van der Waals surface area contributed by atoms with Crippen molar-refractivity contribution in [1.29, 1.82) is 0 Å². The standard InChI is InChI=1S/C13H21N3O4S/c1-14-10-5-4-8-16(9-10)13(17)11-6-7-12(20-11)21(18,19)15(2)3/h6-7,10,14H,4-5,8-9H2,1-3H3. The van der Waals surface area contributed by atoms with Crippen LogP contribution in [0.2, 0.25) is 0 Å². The fourth-order valence-electron chi connectivity index (χ4n) is 2.31. The van der Waals surface area contributed by atoms with Crippen LogP contribution in [0.1, 0.15) is 23.4 Å². The molecule has 1 aliphatic rings. The number of carbonyl (C=O) groups excluding carboxylic acids is 1. The summed E-state index contributed by atoms with van der Waals surface area (Å²) in [6, 6.07) is 3.01. The summed E-state index contributed by atoms with van der Waals surface area (Å²) in [7, 11) is 1.05. The largest absolute Gasteiger partial charge is 0.438 e. The molecule has 0 bridgehead atoms. The second kappa shape index (κ2) is 6.17. The Labute approximate surface area is 124 Å². The van der Waals surface area contributed by atoms with Crippen molar-refractivity contribution >= 4 is 15.9 Å². The summed E-state index contributed by atoms with van der Waals surface area (Å²) in [6.45, 7) is 1.26. The van der Waals surface area contributed by atoms with Gasteiger partial charge in [-0.25, -0.2) is 12.7 Å². The highest BCUT2D eigenvalue weighted by molar-refractivity contribution is 7.88. The zero-order valence-corrected chi connectivity index (χ0v) is 13.3. The summed E-state index contributed by atoms with van der Waals surface area (Å²) in [5.41, 5.74) is 0. The fourth-order valence-corrected chi connectivity index (χ4v) is 3.10.